The van der Waals surface area contributed by atoms with E-state index in [4.69, 9.17) is 29.2 Å². The first-order chi connectivity index (χ1) is 20.6. The molecule has 1 N–H and O–H groups in total. The largest absolute Gasteiger partial charge is 0.497 e. The number of ether oxygens (including phenoxy) is 3. The molecule has 11 nitrogen and oxygen atoms in total. The van der Waals surface area contributed by atoms with E-state index in [2.05, 4.69) is 16.8 Å². The summed E-state index contributed by atoms with van der Waals surface area (Å²) in [6.45, 7) is 8.60. The van der Waals surface area contributed by atoms with Crippen LogP contribution in [0.1, 0.15) is 44.1 Å². The Labute approximate surface area is 253 Å². The minimum Gasteiger partial charge on any atom is -0.497 e. The fourth-order valence-electron chi connectivity index (χ4n) is 5.02. The average Bonchev–Trinajstić information content (AvgIpc) is 3.42. The Kier molecular flexibility index (Phi) is 9.60. The fourth-order valence-corrected chi connectivity index (χ4v) is 6.11. The van der Waals surface area contributed by atoms with Crippen molar-refractivity contribution in [1.29, 1.82) is 0 Å². The molecule has 1 aromatic carbocycles. The topological polar surface area (TPSA) is 123 Å². The number of methoxy groups -OCH3 is 1. The zero-order valence-electron chi connectivity index (χ0n) is 25.4. The molecule has 230 valence electrons. The Balaban J connectivity index is 1.47. The summed E-state index contributed by atoms with van der Waals surface area (Å²) in [6, 6.07) is 15.0. The summed E-state index contributed by atoms with van der Waals surface area (Å²) in [4.78, 5) is 20.0. The third-order valence-electron chi connectivity index (χ3n) is 7.46. The molecule has 0 aliphatic carbocycles. The predicted octanol–water partition coefficient (Wildman–Crippen LogP) is 4.53. The number of hydrogen-bond acceptors (Lipinski definition) is 9. The van der Waals surface area contributed by atoms with Gasteiger partial charge in [0.2, 0.25) is 10.0 Å². The Bertz CT molecular complexity index is 1640. The number of aromatic amines is 1. The molecular weight excluding hydrogens is 568 g/mol. The van der Waals surface area contributed by atoms with Crippen LogP contribution in [-0.2, 0) is 38.4 Å². The summed E-state index contributed by atoms with van der Waals surface area (Å²) in [7, 11) is -0.527. The third kappa shape index (κ3) is 7.50. The van der Waals surface area contributed by atoms with Crippen molar-refractivity contribution in [2.75, 3.05) is 38.8 Å². The SMILES string of the molecule is CC[C@H]1COCCN1c1cc(CS(=O)(=O)N(C)Cc2ccc(OC)cc2)nc(-c2ccc3[nH]c(COC(C)C)cc3n2)n1. The summed E-state index contributed by atoms with van der Waals surface area (Å²) in [5.41, 5.74) is 4.40. The maximum atomic E-state index is 13.5. The molecule has 1 saturated heterocycles. The lowest BCUT2D eigenvalue weighted by atomic mass is 10.1. The summed E-state index contributed by atoms with van der Waals surface area (Å²) < 4.78 is 45.1. The van der Waals surface area contributed by atoms with Gasteiger partial charge in [0.15, 0.2) is 5.82 Å². The van der Waals surface area contributed by atoms with E-state index in [-0.39, 0.29) is 24.4 Å². The number of sulfonamides is 1. The zero-order valence-corrected chi connectivity index (χ0v) is 26.2. The van der Waals surface area contributed by atoms with Crippen molar-refractivity contribution in [3.63, 3.8) is 0 Å². The normalized spacial score (nSPS) is 16.0. The second kappa shape index (κ2) is 13.4. The van der Waals surface area contributed by atoms with Gasteiger partial charge in [-0.25, -0.2) is 27.7 Å². The van der Waals surface area contributed by atoms with E-state index in [0.717, 1.165) is 34.5 Å². The van der Waals surface area contributed by atoms with Gasteiger partial charge in [-0.3, -0.25) is 0 Å². The van der Waals surface area contributed by atoms with Gasteiger partial charge < -0.3 is 24.1 Å². The van der Waals surface area contributed by atoms with Crippen LogP contribution >= 0.6 is 0 Å². The van der Waals surface area contributed by atoms with Crippen molar-refractivity contribution in [2.45, 2.75) is 58.2 Å². The Morgan fingerprint density at radius 3 is 2.63 bits per heavy atom. The Hall–Kier alpha value is -3.58. The number of nitrogens with one attached hydrogen (secondary N) is 1. The lowest BCUT2D eigenvalue weighted by Crippen LogP contribution is -2.45. The van der Waals surface area contributed by atoms with E-state index >= 15 is 0 Å². The average molecular weight is 609 g/mol. The maximum Gasteiger partial charge on any atom is 0.219 e. The number of fused-ring (bicyclic) bond motifs is 1. The summed E-state index contributed by atoms with van der Waals surface area (Å²) in [5, 5.41) is 0. The zero-order chi connectivity index (χ0) is 30.6. The van der Waals surface area contributed by atoms with Gasteiger partial charge in [0.05, 0.1) is 55.8 Å². The quantitative estimate of drug-likeness (QED) is 0.247. The van der Waals surface area contributed by atoms with Crippen molar-refractivity contribution in [3.8, 4) is 17.3 Å². The number of aromatic nitrogens is 4. The number of rotatable bonds is 12. The molecule has 0 amide bonds. The van der Waals surface area contributed by atoms with Gasteiger partial charge in [-0.2, -0.15) is 0 Å². The number of morpholine rings is 1. The number of nitrogens with zero attached hydrogens (tertiary/aromatic N) is 5. The first-order valence-corrected chi connectivity index (χ1v) is 16.2. The number of anilines is 1. The van der Waals surface area contributed by atoms with Crippen molar-refractivity contribution < 1.29 is 22.6 Å². The van der Waals surface area contributed by atoms with Crippen molar-refractivity contribution in [2.24, 2.45) is 0 Å². The van der Waals surface area contributed by atoms with E-state index in [1.807, 2.05) is 56.3 Å². The van der Waals surface area contributed by atoms with E-state index in [1.54, 1.807) is 20.2 Å². The predicted molar refractivity (Wildman–Crippen MR) is 166 cm³/mol. The molecule has 4 heterocycles. The van der Waals surface area contributed by atoms with Crippen LogP contribution in [-0.4, -0.2) is 78.7 Å². The molecule has 0 unspecified atom stereocenters. The molecule has 0 spiro atoms. The van der Waals surface area contributed by atoms with E-state index < -0.39 is 10.0 Å². The van der Waals surface area contributed by atoms with E-state index in [9.17, 15) is 8.42 Å². The molecule has 3 aromatic heterocycles. The molecule has 0 saturated carbocycles. The highest BCUT2D eigenvalue weighted by Crippen LogP contribution is 2.26. The van der Waals surface area contributed by atoms with Gasteiger partial charge >= 0.3 is 0 Å². The van der Waals surface area contributed by atoms with Gasteiger partial charge in [0, 0.05) is 31.9 Å². The molecular formula is C31H40N6O5S. The van der Waals surface area contributed by atoms with Crippen LogP contribution in [0.4, 0.5) is 5.82 Å². The molecule has 12 heteroatoms. The standard InChI is InChI=1S/C31H40N6O5S/c1-6-25-19-41-14-13-37(25)30-16-24(20-43(38,39)36(4)17-22-7-9-26(40-5)10-8-22)33-31(35-30)28-12-11-27-29(34-28)15-23(32-27)18-42-21(2)3/h7-12,15-16,21,25,32H,6,13-14,17-20H2,1-5H3/t25-/m0/s1. The van der Waals surface area contributed by atoms with Crippen LogP contribution in [0.2, 0.25) is 0 Å². The Morgan fingerprint density at radius 1 is 1.12 bits per heavy atom. The maximum absolute atomic E-state index is 13.5. The monoisotopic (exact) mass is 608 g/mol. The van der Waals surface area contributed by atoms with Gasteiger partial charge in [-0.15, -0.1) is 0 Å². The van der Waals surface area contributed by atoms with E-state index in [1.165, 1.54) is 4.31 Å². The first kappa shape index (κ1) is 30.9. The molecule has 1 aliphatic heterocycles. The molecule has 0 bridgehead atoms. The van der Waals surface area contributed by atoms with Crippen molar-refractivity contribution >= 4 is 26.9 Å². The highest BCUT2D eigenvalue weighted by molar-refractivity contribution is 7.88. The van der Waals surface area contributed by atoms with Gasteiger partial charge in [-0.05, 0) is 56.2 Å². The van der Waals surface area contributed by atoms with Crippen molar-refractivity contribution in [3.05, 3.63) is 65.5 Å². The first-order valence-electron chi connectivity index (χ1n) is 14.5. The fraction of sp³-hybridized carbons (Fsp3) is 0.452. The summed E-state index contributed by atoms with van der Waals surface area (Å²) >= 11 is 0. The second-order valence-corrected chi connectivity index (χ2v) is 13.1. The lowest BCUT2D eigenvalue weighted by molar-refractivity contribution is 0.0639. The summed E-state index contributed by atoms with van der Waals surface area (Å²) in [5.74, 6) is 1.50. The van der Waals surface area contributed by atoms with Gasteiger partial charge in [-0.1, -0.05) is 19.1 Å². The van der Waals surface area contributed by atoms with Crippen LogP contribution in [0.25, 0.3) is 22.6 Å². The number of benzene rings is 1. The second-order valence-electron chi connectivity index (χ2n) is 11.0. The minimum atomic E-state index is -3.71. The van der Waals surface area contributed by atoms with E-state index in [0.29, 0.717) is 49.4 Å². The van der Waals surface area contributed by atoms with Crippen LogP contribution < -0.4 is 9.64 Å². The van der Waals surface area contributed by atoms with Gasteiger partial charge in [0.25, 0.3) is 0 Å². The van der Waals surface area contributed by atoms with Crippen molar-refractivity contribution in [1.82, 2.24) is 24.2 Å². The van der Waals surface area contributed by atoms with Crippen LogP contribution in [0.3, 0.4) is 0 Å². The highest BCUT2D eigenvalue weighted by atomic mass is 32.2. The minimum absolute atomic E-state index is 0.114. The summed E-state index contributed by atoms with van der Waals surface area (Å²) in [6.07, 6.45) is 0.981. The smallest absolute Gasteiger partial charge is 0.219 e. The van der Waals surface area contributed by atoms with Crippen LogP contribution in [0, 0.1) is 0 Å². The highest BCUT2D eigenvalue weighted by Gasteiger charge is 2.26. The lowest BCUT2D eigenvalue weighted by Gasteiger charge is -2.36. The molecule has 0 radical (unpaired) electrons. The number of hydrogen-bond donors (Lipinski definition) is 1. The third-order valence-corrected chi connectivity index (χ3v) is 9.20. The molecule has 1 atom stereocenters. The molecule has 1 aliphatic rings. The Morgan fingerprint density at radius 2 is 1.91 bits per heavy atom. The molecule has 4 aromatic rings. The van der Waals surface area contributed by atoms with Crippen LogP contribution in [0.15, 0.2) is 48.5 Å². The molecule has 1 fully saturated rings. The number of pyridine rings is 1. The molecule has 43 heavy (non-hydrogen) atoms. The molecule has 5 rings (SSSR count). The number of H-pyrrole nitrogens is 1. The van der Waals surface area contributed by atoms with Crippen LogP contribution in [0.5, 0.6) is 5.75 Å². The van der Waals surface area contributed by atoms with Gasteiger partial charge in [0.1, 0.15) is 23.0 Å².